The number of hydrogen-bond donors (Lipinski definition) is 1. The molecule has 1 aromatic rings. The monoisotopic (exact) mass is 366 g/mol. The minimum absolute atomic E-state index is 0.0520. The lowest BCUT2D eigenvalue weighted by Crippen LogP contribution is -2.38. The van der Waals surface area contributed by atoms with E-state index in [0.717, 1.165) is 10.6 Å². The molecule has 10 heteroatoms. The van der Waals surface area contributed by atoms with Crippen molar-refractivity contribution in [3.8, 4) is 11.5 Å². The van der Waals surface area contributed by atoms with E-state index in [9.17, 15) is 16.8 Å². The van der Waals surface area contributed by atoms with Crippen LogP contribution >= 0.6 is 0 Å². The highest BCUT2D eigenvalue weighted by molar-refractivity contribution is 7.92. The number of ether oxygens (including phenoxy) is 2. The van der Waals surface area contributed by atoms with Gasteiger partial charge in [-0.2, -0.15) is 0 Å². The van der Waals surface area contributed by atoms with Gasteiger partial charge in [-0.05, 0) is 19.1 Å². The van der Waals surface area contributed by atoms with Gasteiger partial charge in [-0.3, -0.25) is 4.31 Å². The summed E-state index contributed by atoms with van der Waals surface area (Å²) < 4.78 is 60.8. The molecule has 0 saturated heterocycles. The van der Waals surface area contributed by atoms with Crippen molar-refractivity contribution in [2.75, 3.05) is 43.6 Å². The molecule has 0 atom stereocenters. The first kappa shape index (κ1) is 19.5. The molecule has 0 fully saturated rings. The highest BCUT2D eigenvalue weighted by Crippen LogP contribution is 2.33. The Kier molecular flexibility index (Phi) is 6.66. The third-order valence-electron chi connectivity index (χ3n) is 3.07. The lowest BCUT2D eigenvalue weighted by Gasteiger charge is -2.24. The lowest BCUT2D eigenvalue weighted by molar-refractivity contribution is 0.403. The third-order valence-corrected chi connectivity index (χ3v) is 5.66. The smallest absolute Gasteiger partial charge is 0.232 e. The van der Waals surface area contributed by atoms with Crippen molar-refractivity contribution in [2.45, 2.75) is 6.92 Å². The number of anilines is 1. The van der Waals surface area contributed by atoms with Gasteiger partial charge in [0, 0.05) is 19.2 Å². The summed E-state index contributed by atoms with van der Waals surface area (Å²) in [7, 11) is -4.15. The molecule has 1 aromatic carbocycles. The zero-order valence-electron chi connectivity index (χ0n) is 13.6. The van der Waals surface area contributed by atoms with Gasteiger partial charge in [-0.25, -0.2) is 21.6 Å². The second kappa shape index (κ2) is 7.84. The van der Waals surface area contributed by atoms with Crippen LogP contribution in [0, 0.1) is 0 Å². The van der Waals surface area contributed by atoms with E-state index in [4.69, 9.17) is 9.47 Å². The zero-order chi connectivity index (χ0) is 17.7. The molecular formula is C13H22N2O6S2. The van der Waals surface area contributed by atoms with Crippen LogP contribution in [0.1, 0.15) is 6.92 Å². The average molecular weight is 366 g/mol. The van der Waals surface area contributed by atoms with Crippen LogP contribution in [0.25, 0.3) is 0 Å². The van der Waals surface area contributed by atoms with Gasteiger partial charge in [-0.1, -0.05) is 0 Å². The molecule has 0 aliphatic heterocycles. The summed E-state index contributed by atoms with van der Waals surface area (Å²) in [5.74, 6) is 0.729. The van der Waals surface area contributed by atoms with E-state index in [1.165, 1.54) is 27.2 Å². The fourth-order valence-electron chi connectivity index (χ4n) is 1.86. The van der Waals surface area contributed by atoms with Gasteiger partial charge in [0.2, 0.25) is 20.0 Å². The van der Waals surface area contributed by atoms with Crippen LogP contribution in [0.2, 0.25) is 0 Å². The SMILES string of the molecule is CCS(=O)(=O)NCCN(c1cc(OC)ccc1OC)S(C)(=O)=O. The molecule has 0 aliphatic rings. The van der Waals surface area contributed by atoms with E-state index in [-0.39, 0.29) is 24.5 Å². The predicted octanol–water partition coefficient (Wildman–Crippen LogP) is 0.409. The van der Waals surface area contributed by atoms with Crippen LogP contribution in [0.3, 0.4) is 0 Å². The lowest BCUT2D eigenvalue weighted by atomic mass is 10.2. The van der Waals surface area contributed by atoms with Crippen LogP contribution < -0.4 is 18.5 Å². The van der Waals surface area contributed by atoms with Crippen molar-refractivity contribution < 1.29 is 26.3 Å². The predicted molar refractivity (Wildman–Crippen MR) is 89.2 cm³/mol. The Labute approximate surface area is 137 Å². The first-order valence-corrected chi connectivity index (χ1v) is 10.3. The Hall–Kier alpha value is -1.52. The number of sulfonamides is 2. The van der Waals surface area contributed by atoms with Crippen molar-refractivity contribution in [3.05, 3.63) is 18.2 Å². The number of hydrogen-bond acceptors (Lipinski definition) is 6. The topological polar surface area (TPSA) is 102 Å². The Morgan fingerprint density at radius 2 is 1.78 bits per heavy atom. The summed E-state index contributed by atoms with van der Waals surface area (Å²) in [6.07, 6.45) is 1.04. The molecule has 23 heavy (non-hydrogen) atoms. The fraction of sp³-hybridized carbons (Fsp3) is 0.538. The van der Waals surface area contributed by atoms with E-state index in [0.29, 0.717) is 11.5 Å². The van der Waals surface area contributed by atoms with Crippen molar-refractivity contribution in [2.24, 2.45) is 0 Å². The number of nitrogens with zero attached hydrogens (tertiary/aromatic N) is 1. The Morgan fingerprint density at radius 3 is 2.26 bits per heavy atom. The molecule has 0 aromatic heterocycles. The maximum absolute atomic E-state index is 12.1. The van der Waals surface area contributed by atoms with Gasteiger partial charge in [0.05, 0.1) is 31.9 Å². The van der Waals surface area contributed by atoms with Gasteiger partial charge < -0.3 is 9.47 Å². The largest absolute Gasteiger partial charge is 0.497 e. The van der Waals surface area contributed by atoms with Gasteiger partial charge >= 0.3 is 0 Å². The normalized spacial score (nSPS) is 12.0. The summed E-state index contributed by atoms with van der Waals surface area (Å²) in [4.78, 5) is 0. The average Bonchev–Trinajstić information content (AvgIpc) is 2.49. The standard InChI is InChI=1S/C13H22N2O6S2/c1-5-23(18,19)14-8-9-15(22(4,16)17)12-10-11(20-2)6-7-13(12)21-3/h6-7,10,14H,5,8-9H2,1-4H3. The number of nitrogens with one attached hydrogen (secondary N) is 1. The maximum Gasteiger partial charge on any atom is 0.232 e. The molecule has 0 saturated carbocycles. The second-order valence-electron chi connectivity index (χ2n) is 4.67. The van der Waals surface area contributed by atoms with E-state index in [1.54, 1.807) is 12.1 Å². The first-order chi connectivity index (χ1) is 10.6. The molecule has 0 aliphatic carbocycles. The molecule has 0 bridgehead atoms. The number of methoxy groups -OCH3 is 2. The molecule has 1 N–H and O–H groups in total. The Morgan fingerprint density at radius 1 is 1.13 bits per heavy atom. The summed E-state index contributed by atoms with van der Waals surface area (Å²) in [5.41, 5.74) is 0.282. The second-order valence-corrected chi connectivity index (χ2v) is 8.67. The van der Waals surface area contributed by atoms with E-state index < -0.39 is 20.0 Å². The van der Waals surface area contributed by atoms with Crippen LogP contribution in [-0.2, 0) is 20.0 Å². The molecule has 8 nitrogen and oxygen atoms in total. The molecule has 1 rings (SSSR count). The summed E-state index contributed by atoms with van der Waals surface area (Å²) >= 11 is 0. The van der Waals surface area contributed by atoms with Gasteiger partial charge in [-0.15, -0.1) is 0 Å². The fourth-order valence-corrected chi connectivity index (χ4v) is 3.39. The third kappa shape index (κ3) is 5.56. The van der Waals surface area contributed by atoms with Gasteiger partial charge in [0.15, 0.2) is 0 Å². The Bertz CT molecular complexity index is 731. The maximum atomic E-state index is 12.1. The molecule has 132 valence electrons. The Balaban J connectivity index is 3.13. The quantitative estimate of drug-likeness (QED) is 0.679. The van der Waals surface area contributed by atoms with Crippen molar-refractivity contribution in [1.82, 2.24) is 4.72 Å². The molecule has 0 heterocycles. The summed E-state index contributed by atoms with van der Waals surface area (Å²) in [6, 6.07) is 4.75. The van der Waals surface area contributed by atoms with Gasteiger partial charge in [0.25, 0.3) is 0 Å². The van der Waals surface area contributed by atoms with Crippen LogP contribution in [0.5, 0.6) is 11.5 Å². The number of rotatable bonds is 9. The van der Waals surface area contributed by atoms with Crippen LogP contribution in [0.15, 0.2) is 18.2 Å². The zero-order valence-corrected chi connectivity index (χ0v) is 15.2. The summed E-state index contributed by atoms with van der Waals surface area (Å²) in [6.45, 7) is 1.38. The van der Waals surface area contributed by atoms with Crippen molar-refractivity contribution in [1.29, 1.82) is 0 Å². The minimum Gasteiger partial charge on any atom is -0.497 e. The first-order valence-electron chi connectivity index (χ1n) is 6.81. The van der Waals surface area contributed by atoms with Crippen LogP contribution in [0.4, 0.5) is 5.69 Å². The van der Waals surface area contributed by atoms with Gasteiger partial charge in [0.1, 0.15) is 11.5 Å². The van der Waals surface area contributed by atoms with Crippen molar-refractivity contribution >= 4 is 25.7 Å². The molecule has 0 unspecified atom stereocenters. The highest BCUT2D eigenvalue weighted by atomic mass is 32.2. The minimum atomic E-state index is -3.64. The number of benzene rings is 1. The van der Waals surface area contributed by atoms with Crippen molar-refractivity contribution in [3.63, 3.8) is 0 Å². The summed E-state index contributed by atoms with van der Waals surface area (Å²) in [5, 5.41) is 0. The highest BCUT2D eigenvalue weighted by Gasteiger charge is 2.22. The van der Waals surface area contributed by atoms with E-state index in [2.05, 4.69) is 4.72 Å². The van der Waals surface area contributed by atoms with E-state index >= 15 is 0 Å². The molecule has 0 spiro atoms. The van der Waals surface area contributed by atoms with Crippen LogP contribution in [-0.4, -0.2) is 56.2 Å². The molecule has 0 radical (unpaired) electrons. The van der Waals surface area contributed by atoms with E-state index in [1.807, 2.05) is 0 Å². The molecular weight excluding hydrogens is 344 g/mol. The molecule has 0 amide bonds.